The molecule has 0 radical (unpaired) electrons. The third-order valence-electron chi connectivity index (χ3n) is 5.55. The zero-order chi connectivity index (χ0) is 23.5. The van der Waals surface area contributed by atoms with Crippen LogP contribution in [0.1, 0.15) is 37.8 Å². The second kappa shape index (κ2) is 9.04. The van der Waals surface area contributed by atoms with Gasteiger partial charge in [0, 0.05) is 5.92 Å². The van der Waals surface area contributed by atoms with Crippen LogP contribution in [0.4, 0.5) is 10.5 Å². The topological polar surface area (TPSA) is 111 Å². The van der Waals surface area contributed by atoms with Crippen LogP contribution < -0.4 is 5.32 Å². The second-order valence-corrected chi connectivity index (χ2v) is 7.32. The van der Waals surface area contributed by atoms with Crippen molar-refractivity contribution in [1.29, 1.82) is 0 Å². The van der Waals surface area contributed by atoms with Crippen molar-refractivity contribution in [3.8, 4) is 16.9 Å². The number of anilines is 1. The third-order valence-corrected chi connectivity index (χ3v) is 5.55. The number of phenols is 1. The van der Waals surface area contributed by atoms with Crippen molar-refractivity contribution in [1.82, 2.24) is 0 Å². The lowest BCUT2D eigenvalue weighted by Crippen LogP contribution is -2.21. The van der Waals surface area contributed by atoms with Crippen LogP contribution in [0.25, 0.3) is 11.1 Å². The maximum Gasteiger partial charge on any atom is 0.411 e. The highest BCUT2D eigenvalue weighted by Crippen LogP contribution is 2.44. The number of nitrogens with one attached hydrogen (secondary N) is 1. The van der Waals surface area contributed by atoms with Gasteiger partial charge in [0.2, 0.25) is 0 Å². The van der Waals surface area contributed by atoms with Crippen LogP contribution in [0.2, 0.25) is 0 Å². The van der Waals surface area contributed by atoms with E-state index < -0.39 is 23.8 Å². The summed E-state index contributed by atoms with van der Waals surface area (Å²) in [6, 6.07) is 18.2. The van der Waals surface area contributed by atoms with E-state index in [1.165, 1.54) is 6.07 Å². The molecule has 1 aliphatic rings. The number of fused-ring (bicyclic) bond motifs is 3. The van der Waals surface area contributed by atoms with Gasteiger partial charge >= 0.3 is 18.0 Å². The first-order valence-electron chi connectivity index (χ1n) is 10.1. The average molecular weight is 447 g/mol. The fourth-order valence-corrected chi connectivity index (χ4v) is 4.05. The summed E-state index contributed by atoms with van der Waals surface area (Å²) in [5.41, 5.74) is 3.43. The second-order valence-electron chi connectivity index (χ2n) is 7.32. The molecular weight excluding hydrogens is 426 g/mol. The number of hydrogen-bond donors (Lipinski definition) is 2. The van der Waals surface area contributed by atoms with Gasteiger partial charge in [-0.1, -0.05) is 48.5 Å². The Balaban J connectivity index is 1.58. The minimum atomic E-state index is -0.930. The Morgan fingerprint density at radius 1 is 0.848 bits per heavy atom. The molecule has 0 spiro atoms. The maximum atomic E-state index is 12.6. The fourth-order valence-electron chi connectivity index (χ4n) is 4.05. The van der Waals surface area contributed by atoms with Gasteiger partial charge in [0.1, 0.15) is 23.6 Å². The molecule has 0 heterocycles. The standard InChI is InChI=1S/C25H21NO7/c1-31-23(28)18-11-12-20(27)22(21(18)24(29)32-2)26-25(30)33-13-19-16-9-5-3-7-14(16)15-8-4-6-10-17(15)19/h3-12,19,27H,13H2,1-2H3,(H,26,30). The number of hydrogen-bond acceptors (Lipinski definition) is 7. The third kappa shape index (κ3) is 3.98. The van der Waals surface area contributed by atoms with E-state index in [4.69, 9.17) is 9.47 Å². The zero-order valence-electron chi connectivity index (χ0n) is 18.0. The van der Waals surface area contributed by atoms with E-state index in [9.17, 15) is 19.5 Å². The number of esters is 2. The first kappa shape index (κ1) is 21.9. The smallest absolute Gasteiger partial charge is 0.411 e. The minimum absolute atomic E-state index is 0.0326. The Labute approximate surface area is 189 Å². The van der Waals surface area contributed by atoms with E-state index in [1.807, 2.05) is 48.5 Å². The monoisotopic (exact) mass is 447 g/mol. The first-order chi connectivity index (χ1) is 16.0. The molecule has 3 aromatic carbocycles. The molecule has 4 rings (SSSR count). The first-order valence-corrected chi connectivity index (χ1v) is 10.1. The van der Waals surface area contributed by atoms with Crippen molar-refractivity contribution in [3.63, 3.8) is 0 Å². The molecule has 0 aromatic heterocycles. The summed E-state index contributed by atoms with van der Waals surface area (Å²) >= 11 is 0. The molecule has 1 aliphatic carbocycles. The van der Waals surface area contributed by atoms with Gasteiger partial charge in [0.05, 0.1) is 19.8 Å². The van der Waals surface area contributed by atoms with Gasteiger partial charge in [-0.2, -0.15) is 0 Å². The van der Waals surface area contributed by atoms with Crippen molar-refractivity contribution in [2.24, 2.45) is 0 Å². The molecule has 8 heteroatoms. The van der Waals surface area contributed by atoms with E-state index in [2.05, 4.69) is 10.1 Å². The molecule has 0 fully saturated rings. The molecule has 0 aliphatic heterocycles. The Hall–Kier alpha value is -4.33. The Bertz CT molecular complexity index is 1210. The molecule has 8 nitrogen and oxygen atoms in total. The summed E-state index contributed by atoms with van der Waals surface area (Å²) in [5, 5.41) is 12.6. The molecule has 0 saturated heterocycles. The number of ether oxygens (including phenoxy) is 3. The summed E-state index contributed by atoms with van der Waals surface area (Å²) < 4.78 is 14.9. The molecule has 0 atom stereocenters. The summed E-state index contributed by atoms with van der Waals surface area (Å²) in [5.74, 6) is -2.36. The van der Waals surface area contributed by atoms with Crippen LogP contribution in [-0.4, -0.2) is 44.0 Å². The van der Waals surface area contributed by atoms with E-state index in [1.54, 1.807) is 0 Å². The quantitative estimate of drug-likeness (QED) is 0.340. The molecule has 0 unspecified atom stereocenters. The molecule has 168 valence electrons. The number of methoxy groups -OCH3 is 2. The van der Waals surface area contributed by atoms with Crippen LogP contribution >= 0.6 is 0 Å². The molecule has 3 aromatic rings. The van der Waals surface area contributed by atoms with Crippen LogP contribution in [0.3, 0.4) is 0 Å². The zero-order valence-corrected chi connectivity index (χ0v) is 18.0. The maximum absolute atomic E-state index is 12.6. The highest BCUT2D eigenvalue weighted by Gasteiger charge is 2.30. The Kier molecular flexibility index (Phi) is 5.99. The molecule has 33 heavy (non-hydrogen) atoms. The number of carbonyl (C=O) groups excluding carboxylic acids is 3. The minimum Gasteiger partial charge on any atom is -0.506 e. The predicted octanol–water partition coefficient (Wildman–Crippen LogP) is 4.33. The normalized spacial score (nSPS) is 11.8. The highest BCUT2D eigenvalue weighted by atomic mass is 16.5. The largest absolute Gasteiger partial charge is 0.506 e. The summed E-state index contributed by atoms with van der Waals surface area (Å²) in [6.07, 6.45) is -0.903. The summed E-state index contributed by atoms with van der Waals surface area (Å²) in [4.78, 5) is 37.0. The average Bonchev–Trinajstić information content (AvgIpc) is 3.16. The van der Waals surface area contributed by atoms with E-state index in [-0.39, 0.29) is 29.3 Å². The lowest BCUT2D eigenvalue weighted by molar-refractivity contribution is 0.0555. The van der Waals surface area contributed by atoms with Crippen LogP contribution in [0, 0.1) is 0 Å². The lowest BCUT2D eigenvalue weighted by Gasteiger charge is -2.17. The van der Waals surface area contributed by atoms with Gasteiger partial charge in [-0.05, 0) is 34.4 Å². The predicted molar refractivity (Wildman–Crippen MR) is 119 cm³/mol. The number of carbonyl (C=O) groups is 3. The van der Waals surface area contributed by atoms with Gasteiger partial charge < -0.3 is 19.3 Å². The molecule has 0 saturated carbocycles. The van der Waals surface area contributed by atoms with Gasteiger partial charge in [-0.15, -0.1) is 0 Å². The molecular formula is C25H21NO7. The van der Waals surface area contributed by atoms with Gasteiger partial charge in [-0.25, -0.2) is 14.4 Å². The van der Waals surface area contributed by atoms with E-state index in [0.29, 0.717) is 0 Å². The fraction of sp³-hybridized carbons (Fsp3) is 0.160. The van der Waals surface area contributed by atoms with Crippen molar-refractivity contribution in [2.45, 2.75) is 5.92 Å². The van der Waals surface area contributed by atoms with E-state index in [0.717, 1.165) is 42.5 Å². The SMILES string of the molecule is COC(=O)c1ccc(O)c(NC(=O)OCC2c3ccccc3-c3ccccc32)c1C(=O)OC. The molecule has 2 N–H and O–H groups in total. The van der Waals surface area contributed by atoms with Crippen molar-refractivity contribution < 1.29 is 33.7 Å². The van der Waals surface area contributed by atoms with Crippen LogP contribution in [0.5, 0.6) is 5.75 Å². The van der Waals surface area contributed by atoms with Gasteiger partial charge in [-0.3, -0.25) is 5.32 Å². The number of aromatic hydroxyl groups is 1. The van der Waals surface area contributed by atoms with Gasteiger partial charge in [0.15, 0.2) is 0 Å². The van der Waals surface area contributed by atoms with Crippen LogP contribution in [0.15, 0.2) is 60.7 Å². The van der Waals surface area contributed by atoms with Crippen molar-refractivity contribution in [3.05, 3.63) is 82.9 Å². The summed E-state index contributed by atoms with van der Waals surface area (Å²) in [7, 11) is 2.26. The van der Waals surface area contributed by atoms with Crippen molar-refractivity contribution in [2.75, 3.05) is 26.1 Å². The lowest BCUT2D eigenvalue weighted by atomic mass is 9.98. The number of benzene rings is 3. The number of amides is 1. The molecule has 1 amide bonds. The summed E-state index contributed by atoms with van der Waals surface area (Å²) in [6.45, 7) is 0.0326. The number of phenolic OH excluding ortho intramolecular Hbond substituents is 1. The molecule has 0 bridgehead atoms. The Morgan fingerprint density at radius 3 is 2.00 bits per heavy atom. The van der Waals surface area contributed by atoms with Crippen molar-refractivity contribution >= 4 is 23.7 Å². The van der Waals surface area contributed by atoms with Crippen LogP contribution in [-0.2, 0) is 14.2 Å². The van der Waals surface area contributed by atoms with E-state index >= 15 is 0 Å². The van der Waals surface area contributed by atoms with Gasteiger partial charge in [0.25, 0.3) is 0 Å². The highest BCUT2D eigenvalue weighted by molar-refractivity contribution is 6.10. The Morgan fingerprint density at radius 2 is 1.42 bits per heavy atom. The number of rotatable bonds is 5.